The standard InChI is InChI=1S/C41H67O9P/c1-3-5-7-9-11-13-15-17-18-19-21-22-24-26-28-30-32-38(42)34-35-40(43)48-36-39(37-49-51(45,46)47)50-41(44)33-31-29-27-25-23-20-16-14-12-10-8-6-4-2/h5,7,11,13-14,16-18,21-22,26,28,30,32,38-39,42H,3-4,6,8-10,12,15,19-20,23-25,27,29,31,33-37H2,1-2H3,(H2,45,46,47)/b7-5-,13-11-,16-14-,18-17-,22-21-,28-26-,32-30-/t38?,39-/m1/s1. The van der Waals surface area contributed by atoms with Crippen LogP contribution in [0.2, 0.25) is 0 Å². The quantitative estimate of drug-likeness (QED) is 0.0198. The molecule has 10 heteroatoms. The van der Waals surface area contributed by atoms with Gasteiger partial charge in [-0.15, -0.1) is 0 Å². The predicted octanol–water partition coefficient (Wildman–Crippen LogP) is 10.3. The lowest BCUT2D eigenvalue weighted by molar-refractivity contribution is -0.161. The van der Waals surface area contributed by atoms with Gasteiger partial charge in [-0.25, -0.2) is 4.57 Å². The molecule has 0 spiro atoms. The first-order valence-corrected chi connectivity index (χ1v) is 20.5. The number of ether oxygens (including phenoxy) is 2. The normalized spacial score (nSPS) is 14.1. The van der Waals surface area contributed by atoms with Crippen LogP contribution in [0.1, 0.15) is 136 Å². The molecule has 0 aliphatic rings. The van der Waals surface area contributed by atoms with E-state index < -0.39 is 45.2 Å². The first kappa shape index (κ1) is 48.2. The topological polar surface area (TPSA) is 140 Å². The zero-order valence-electron chi connectivity index (χ0n) is 31.3. The minimum Gasteiger partial charge on any atom is -0.462 e. The van der Waals surface area contributed by atoms with Gasteiger partial charge in [0, 0.05) is 12.8 Å². The third-order valence-electron chi connectivity index (χ3n) is 7.52. The summed E-state index contributed by atoms with van der Waals surface area (Å²) < 4.78 is 26.1. The van der Waals surface area contributed by atoms with E-state index in [1.807, 2.05) is 12.2 Å². The van der Waals surface area contributed by atoms with E-state index >= 15 is 0 Å². The molecule has 0 aromatic carbocycles. The van der Waals surface area contributed by atoms with Crippen LogP contribution in [0.4, 0.5) is 0 Å². The second-order valence-corrected chi connectivity index (χ2v) is 13.6. The smallest absolute Gasteiger partial charge is 0.462 e. The summed E-state index contributed by atoms with van der Waals surface area (Å²) in [6, 6.07) is 0. The summed E-state index contributed by atoms with van der Waals surface area (Å²) in [6.45, 7) is 3.31. The summed E-state index contributed by atoms with van der Waals surface area (Å²) in [5.41, 5.74) is 0. The molecule has 0 aromatic rings. The van der Waals surface area contributed by atoms with E-state index in [9.17, 15) is 19.3 Å². The number of allylic oxidation sites excluding steroid dienone is 13. The van der Waals surface area contributed by atoms with Crippen LogP contribution in [0.3, 0.4) is 0 Å². The summed E-state index contributed by atoms with van der Waals surface area (Å²) in [4.78, 5) is 42.7. The lowest BCUT2D eigenvalue weighted by Crippen LogP contribution is -2.29. The Morgan fingerprint density at radius 1 is 0.627 bits per heavy atom. The second kappa shape index (κ2) is 35.6. The van der Waals surface area contributed by atoms with Gasteiger partial charge < -0.3 is 24.4 Å². The van der Waals surface area contributed by atoms with Gasteiger partial charge in [-0.1, -0.05) is 137 Å². The largest absolute Gasteiger partial charge is 0.469 e. The highest BCUT2D eigenvalue weighted by Crippen LogP contribution is 2.36. The van der Waals surface area contributed by atoms with Crippen molar-refractivity contribution in [3.8, 4) is 0 Å². The van der Waals surface area contributed by atoms with E-state index in [1.165, 1.54) is 25.7 Å². The van der Waals surface area contributed by atoms with Gasteiger partial charge in [0.15, 0.2) is 6.10 Å². The average Bonchev–Trinajstić information content (AvgIpc) is 3.09. The summed E-state index contributed by atoms with van der Waals surface area (Å²) in [6.07, 6.45) is 43.5. The van der Waals surface area contributed by atoms with Crippen LogP contribution in [0.5, 0.6) is 0 Å². The maximum absolute atomic E-state index is 12.4. The molecule has 0 aliphatic heterocycles. The van der Waals surface area contributed by atoms with Crippen molar-refractivity contribution in [1.82, 2.24) is 0 Å². The number of phosphoric ester groups is 1. The Bertz CT molecular complexity index is 1110. The summed E-state index contributed by atoms with van der Waals surface area (Å²) in [7, 11) is -4.81. The van der Waals surface area contributed by atoms with E-state index in [2.05, 4.69) is 79.1 Å². The zero-order valence-corrected chi connectivity index (χ0v) is 32.2. The minimum atomic E-state index is -4.81. The third kappa shape index (κ3) is 38.3. The summed E-state index contributed by atoms with van der Waals surface area (Å²) in [5.74, 6) is -1.19. The predicted molar refractivity (Wildman–Crippen MR) is 208 cm³/mol. The lowest BCUT2D eigenvalue weighted by atomic mass is 10.1. The van der Waals surface area contributed by atoms with Crippen LogP contribution in [0, 0.1) is 0 Å². The van der Waals surface area contributed by atoms with Crippen LogP contribution < -0.4 is 0 Å². The molecule has 0 aliphatic carbocycles. The van der Waals surface area contributed by atoms with Crippen LogP contribution in [-0.2, 0) is 28.2 Å². The summed E-state index contributed by atoms with van der Waals surface area (Å²) in [5, 5.41) is 10.2. The Labute approximate surface area is 308 Å². The molecule has 1 unspecified atom stereocenters. The van der Waals surface area contributed by atoms with Gasteiger partial charge in [-0.2, -0.15) is 0 Å². The number of phosphoric acid groups is 1. The number of aliphatic hydroxyl groups is 1. The maximum atomic E-state index is 12.4. The van der Waals surface area contributed by atoms with E-state index in [1.54, 1.807) is 12.2 Å². The van der Waals surface area contributed by atoms with Crippen molar-refractivity contribution >= 4 is 19.8 Å². The van der Waals surface area contributed by atoms with Gasteiger partial charge in [-0.3, -0.25) is 14.1 Å². The minimum absolute atomic E-state index is 0.0913. The Hall–Kier alpha value is -2.81. The van der Waals surface area contributed by atoms with Crippen molar-refractivity contribution in [3.63, 3.8) is 0 Å². The fraction of sp³-hybridized carbons (Fsp3) is 0.610. The SMILES string of the molecule is CC/C=C\C/C=C\C/C=C\C/C=C\C/C=C\C=C/C(O)CCC(=O)OC[C@H](COP(=O)(O)O)OC(=O)CCCCCCC/C=C\CCCCCC. The van der Waals surface area contributed by atoms with Crippen LogP contribution in [0.25, 0.3) is 0 Å². The number of carbonyl (C=O) groups excluding carboxylic acids is 2. The van der Waals surface area contributed by atoms with Crippen molar-refractivity contribution in [3.05, 3.63) is 85.1 Å². The van der Waals surface area contributed by atoms with Crippen molar-refractivity contribution in [2.75, 3.05) is 13.2 Å². The van der Waals surface area contributed by atoms with E-state index in [0.717, 1.165) is 70.6 Å². The number of esters is 2. The lowest BCUT2D eigenvalue weighted by Gasteiger charge is -2.18. The molecule has 3 N–H and O–H groups in total. The highest BCUT2D eigenvalue weighted by Gasteiger charge is 2.23. The Morgan fingerprint density at radius 3 is 1.76 bits per heavy atom. The molecule has 0 saturated heterocycles. The number of rotatable bonds is 33. The van der Waals surface area contributed by atoms with E-state index in [4.69, 9.17) is 19.3 Å². The fourth-order valence-corrected chi connectivity index (χ4v) is 5.01. The Balaban J connectivity index is 4.25. The van der Waals surface area contributed by atoms with Gasteiger partial charge in [-0.05, 0) is 70.6 Å². The van der Waals surface area contributed by atoms with Gasteiger partial charge in [0.2, 0.25) is 0 Å². The van der Waals surface area contributed by atoms with Crippen LogP contribution >= 0.6 is 7.82 Å². The Kier molecular flexibility index (Phi) is 33.6. The van der Waals surface area contributed by atoms with Crippen molar-refractivity contribution < 1.29 is 43.0 Å². The summed E-state index contributed by atoms with van der Waals surface area (Å²) >= 11 is 0. The van der Waals surface area contributed by atoms with Crippen LogP contribution in [-0.4, -0.2) is 52.3 Å². The molecule has 0 aromatic heterocycles. The molecular weight excluding hydrogens is 667 g/mol. The first-order chi connectivity index (χ1) is 24.7. The van der Waals surface area contributed by atoms with Gasteiger partial charge in [0.25, 0.3) is 0 Å². The van der Waals surface area contributed by atoms with Gasteiger partial charge >= 0.3 is 19.8 Å². The second-order valence-electron chi connectivity index (χ2n) is 12.4. The highest BCUT2D eigenvalue weighted by molar-refractivity contribution is 7.46. The molecule has 9 nitrogen and oxygen atoms in total. The number of hydrogen-bond donors (Lipinski definition) is 3. The first-order valence-electron chi connectivity index (χ1n) is 19.0. The molecule has 0 saturated carbocycles. The molecule has 2 atom stereocenters. The fourth-order valence-electron chi connectivity index (χ4n) is 4.65. The average molecular weight is 735 g/mol. The molecule has 0 rings (SSSR count). The highest BCUT2D eigenvalue weighted by atomic mass is 31.2. The van der Waals surface area contributed by atoms with E-state index in [0.29, 0.717) is 6.42 Å². The maximum Gasteiger partial charge on any atom is 0.469 e. The van der Waals surface area contributed by atoms with E-state index in [-0.39, 0.29) is 19.3 Å². The van der Waals surface area contributed by atoms with Crippen LogP contribution in [0.15, 0.2) is 85.1 Å². The molecule has 290 valence electrons. The molecule has 0 radical (unpaired) electrons. The number of aliphatic hydroxyl groups excluding tert-OH is 1. The van der Waals surface area contributed by atoms with Crippen molar-refractivity contribution in [2.45, 2.75) is 148 Å². The third-order valence-corrected chi connectivity index (χ3v) is 8.00. The molecular formula is C41H67O9P. The molecule has 0 fully saturated rings. The Morgan fingerprint density at radius 2 is 1.18 bits per heavy atom. The van der Waals surface area contributed by atoms with Gasteiger partial charge in [0.1, 0.15) is 6.61 Å². The zero-order chi connectivity index (χ0) is 37.7. The number of carbonyl (C=O) groups is 2. The number of hydrogen-bond acceptors (Lipinski definition) is 7. The van der Waals surface area contributed by atoms with Crippen molar-refractivity contribution in [2.24, 2.45) is 0 Å². The van der Waals surface area contributed by atoms with Crippen molar-refractivity contribution in [1.29, 1.82) is 0 Å². The molecule has 0 heterocycles. The molecule has 0 amide bonds. The number of unbranched alkanes of at least 4 members (excludes halogenated alkanes) is 9. The molecule has 0 bridgehead atoms. The van der Waals surface area contributed by atoms with Gasteiger partial charge in [0.05, 0.1) is 12.7 Å². The molecule has 51 heavy (non-hydrogen) atoms. The monoisotopic (exact) mass is 734 g/mol.